The van der Waals surface area contributed by atoms with Crippen molar-refractivity contribution in [2.45, 2.75) is 13.5 Å². The molecular weight excluding hydrogens is 278 g/mol. The smallest absolute Gasteiger partial charge is 0.297 e. The Morgan fingerprint density at radius 3 is 2.85 bits per heavy atom. The lowest BCUT2D eigenvalue weighted by Crippen LogP contribution is -2.24. The lowest BCUT2D eigenvalue weighted by atomic mass is 10.2. The molecule has 2 N–H and O–H groups in total. The zero-order valence-electron chi connectivity index (χ0n) is 10.7. The molecule has 7 heteroatoms. The molecule has 0 spiro atoms. The van der Waals surface area contributed by atoms with Gasteiger partial charge in [-0.05, 0) is 18.6 Å². The minimum Gasteiger partial charge on any atom is -0.393 e. The van der Waals surface area contributed by atoms with Crippen LogP contribution in [0.1, 0.15) is 11.3 Å². The number of rotatable bonds is 2. The van der Waals surface area contributed by atoms with Gasteiger partial charge in [-0.15, -0.1) is 0 Å². The summed E-state index contributed by atoms with van der Waals surface area (Å²) >= 11 is 5.78. The number of hydrogen-bond acceptors (Lipinski definition) is 4. The topological polar surface area (TPSA) is 78.2 Å². The molecule has 3 heterocycles. The molecule has 0 saturated carbocycles. The SMILES string of the molecule is Cc1c(N)c(=O)n2nccc2n1Cc1ccc(Cl)nc1. The molecule has 20 heavy (non-hydrogen) atoms. The molecule has 0 fully saturated rings. The Morgan fingerprint density at radius 1 is 1.35 bits per heavy atom. The average Bonchev–Trinajstić information content (AvgIpc) is 2.92. The van der Waals surface area contributed by atoms with Crippen molar-refractivity contribution in [3.63, 3.8) is 0 Å². The van der Waals surface area contributed by atoms with Crippen molar-refractivity contribution < 1.29 is 0 Å². The molecule has 102 valence electrons. The van der Waals surface area contributed by atoms with Gasteiger partial charge in [-0.3, -0.25) is 4.79 Å². The summed E-state index contributed by atoms with van der Waals surface area (Å²) in [4.78, 5) is 16.0. The van der Waals surface area contributed by atoms with Crippen molar-refractivity contribution in [1.82, 2.24) is 19.2 Å². The fourth-order valence-corrected chi connectivity index (χ4v) is 2.24. The van der Waals surface area contributed by atoms with Gasteiger partial charge in [0.25, 0.3) is 5.56 Å². The summed E-state index contributed by atoms with van der Waals surface area (Å²) < 4.78 is 3.22. The van der Waals surface area contributed by atoms with Gasteiger partial charge < -0.3 is 10.3 Å². The van der Waals surface area contributed by atoms with Gasteiger partial charge in [0.1, 0.15) is 16.5 Å². The Kier molecular flexibility index (Phi) is 2.94. The summed E-state index contributed by atoms with van der Waals surface area (Å²) in [6.07, 6.45) is 3.27. The minimum absolute atomic E-state index is 0.197. The van der Waals surface area contributed by atoms with E-state index < -0.39 is 0 Å². The Bertz CT molecular complexity index is 834. The Labute approximate surface area is 119 Å². The summed E-state index contributed by atoms with van der Waals surface area (Å²) in [7, 11) is 0. The predicted octanol–water partition coefficient (Wildman–Crippen LogP) is 1.48. The molecular formula is C13H12ClN5O. The molecule has 0 unspecified atom stereocenters. The molecule has 0 radical (unpaired) electrons. The van der Waals surface area contributed by atoms with Crippen molar-refractivity contribution in [1.29, 1.82) is 0 Å². The molecule has 3 aromatic rings. The first-order valence-corrected chi connectivity index (χ1v) is 6.39. The zero-order valence-corrected chi connectivity index (χ0v) is 11.5. The van der Waals surface area contributed by atoms with Crippen LogP contribution in [0.3, 0.4) is 0 Å². The van der Waals surface area contributed by atoms with Gasteiger partial charge >= 0.3 is 0 Å². The molecule has 3 rings (SSSR count). The van der Waals surface area contributed by atoms with Crippen molar-refractivity contribution in [3.8, 4) is 0 Å². The number of pyridine rings is 1. The van der Waals surface area contributed by atoms with E-state index >= 15 is 0 Å². The summed E-state index contributed by atoms with van der Waals surface area (Å²) in [6, 6.07) is 5.39. The quantitative estimate of drug-likeness (QED) is 0.725. The van der Waals surface area contributed by atoms with Crippen LogP contribution in [-0.2, 0) is 6.54 Å². The number of hydrogen-bond donors (Lipinski definition) is 1. The summed E-state index contributed by atoms with van der Waals surface area (Å²) in [6.45, 7) is 2.35. The lowest BCUT2D eigenvalue weighted by molar-refractivity contribution is 0.740. The van der Waals surface area contributed by atoms with Crippen molar-refractivity contribution >= 4 is 22.9 Å². The van der Waals surface area contributed by atoms with Gasteiger partial charge in [0.15, 0.2) is 0 Å². The van der Waals surface area contributed by atoms with E-state index in [9.17, 15) is 4.79 Å². The number of nitrogens with zero attached hydrogens (tertiary/aromatic N) is 4. The maximum absolute atomic E-state index is 12.0. The van der Waals surface area contributed by atoms with Gasteiger partial charge in [0, 0.05) is 18.0 Å². The van der Waals surface area contributed by atoms with E-state index in [1.165, 1.54) is 4.52 Å². The highest BCUT2D eigenvalue weighted by molar-refractivity contribution is 6.29. The van der Waals surface area contributed by atoms with Crippen LogP contribution in [0, 0.1) is 6.92 Å². The normalized spacial score (nSPS) is 11.1. The number of halogens is 1. The van der Waals surface area contributed by atoms with Crippen LogP contribution in [0.15, 0.2) is 35.4 Å². The maximum Gasteiger partial charge on any atom is 0.297 e. The molecule has 0 aliphatic heterocycles. The second-order valence-electron chi connectivity index (χ2n) is 4.48. The summed E-state index contributed by atoms with van der Waals surface area (Å²) in [5, 5.41) is 4.45. The molecule has 0 atom stereocenters. The van der Waals surface area contributed by atoms with Crippen LogP contribution < -0.4 is 11.3 Å². The van der Waals surface area contributed by atoms with Crippen LogP contribution >= 0.6 is 11.6 Å². The largest absolute Gasteiger partial charge is 0.393 e. The average molecular weight is 290 g/mol. The van der Waals surface area contributed by atoms with Crippen LogP contribution in [-0.4, -0.2) is 19.2 Å². The van der Waals surface area contributed by atoms with E-state index in [1.807, 2.05) is 17.6 Å². The van der Waals surface area contributed by atoms with E-state index in [1.54, 1.807) is 24.5 Å². The maximum atomic E-state index is 12.0. The van der Waals surface area contributed by atoms with E-state index in [-0.39, 0.29) is 11.2 Å². The highest BCUT2D eigenvalue weighted by Gasteiger charge is 2.12. The highest BCUT2D eigenvalue weighted by atomic mass is 35.5. The molecule has 6 nitrogen and oxygen atoms in total. The van der Waals surface area contributed by atoms with Crippen LogP contribution in [0.4, 0.5) is 5.69 Å². The number of aromatic nitrogens is 4. The van der Waals surface area contributed by atoms with E-state index in [0.29, 0.717) is 23.0 Å². The van der Waals surface area contributed by atoms with Gasteiger partial charge in [-0.25, -0.2) is 4.98 Å². The number of nitrogens with two attached hydrogens (primary N) is 1. The third-order valence-corrected chi connectivity index (χ3v) is 3.47. The summed E-state index contributed by atoms with van der Waals surface area (Å²) in [5.41, 5.74) is 8.11. The van der Waals surface area contributed by atoms with Crippen LogP contribution in [0.5, 0.6) is 0 Å². The molecule has 0 aliphatic carbocycles. The summed E-state index contributed by atoms with van der Waals surface area (Å²) in [5.74, 6) is 0. The Hall–Kier alpha value is -2.34. The third-order valence-electron chi connectivity index (χ3n) is 3.25. The molecule has 0 amide bonds. The van der Waals surface area contributed by atoms with Crippen LogP contribution in [0.2, 0.25) is 5.15 Å². The Balaban J connectivity index is 2.18. The molecule has 0 bridgehead atoms. The Morgan fingerprint density at radius 2 is 2.15 bits per heavy atom. The fraction of sp³-hybridized carbons (Fsp3) is 0.154. The van der Waals surface area contributed by atoms with E-state index in [0.717, 1.165) is 5.56 Å². The second-order valence-corrected chi connectivity index (χ2v) is 4.87. The van der Waals surface area contributed by atoms with E-state index in [4.69, 9.17) is 17.3 Å². The second kappa shape index (κ2) is 4.64. The predicted molar refractivity (Wildman–Crippen MR) is 77.0 cm³/mol. The first kappa shape index (κ1) is 12.7. The third kappa shape index (κ3) is 1.94. The zero-order chi connectivity index (χ0) is 14.3. The highest BCUT2D eigenvalue weighted by Crippen LogP contribution is 2.14. The monoisotopic (exact) mass is 289 g/mol. The van der Waals surface area contributed by atoms with Crippen molar-refractivity contribution in [2.24, 2.45) is 0 Å². The molecule has 0 aliphatic rings. The standard InChI is InChI=1S/C13H12ClN5O/c1-8-12(15)13(20)19-11(4-5-17-19)18(8)7-9-2-3-10(14)16-6-9/h2-6H,7,15H2,1H3. The van der Waals surface area contributed by atoms with Crippen molar-refractivity contribution in [2.75, 3.05) is 5.73 Å². The first-order valence-electron chi connectivity index (χ1n) is 6.01. The van der Waals surface area contributed by atoms with Gasteiger partial charge in [0.05, 0.1) is 12.7 Å². The number of fused-ring (bicyclic) bond motifs is 1. The fourth-order valence-electron chi connectivity index (χ4n) is 2.13. The first-order chi connectivity index (χ1) is 9.58. The van der Waals surface area contributed by atoms with Gasteiger partial charge in [-0.1, -0.05) is 17.7 Å². The van der Waals surface area contributed by atoms with Gasteiger partial charge in [0.2, 0.25) is 0 Å². The lowest BCUT2D eigenvalue weighted by Gasteiger charge is -2.14. The van der Waals surface area contributed by atoms with Crippen LogP contribution in [0.25, 0.3) is 5.65 Å². The molecule has 0 saturated heterocycles. The molecule has 3 aromatic heterocycles. The van der Waals surface area contributed by atoms with E-state index in [2.05, 4.69) is 10.1 Å². The molecule has 0 aromatic carbocycles. The number of nitrogen functional groups attached to an aromatic ring is 1. The van der Waals surface area contributed by atoms with Gasteiger partial charge in [-0.2, -0.15) is 9.61 Å². The van der Waals surface area contributed by atoms with Crippen molar-refractivity contribution in [3.05, 3.63) is 57.4 Å². The minimum atomic E-state index is -0.298. The number of anilines is 1.